The number of halogens is 1. The summed E-state index contributed by atoms with van der Waals surface area (Å²) in [5.41, 5.74) is 3.81. The summed E-state index contributed by atoms with van der Waals surface area (Å²) in [6, 6.07) is 12.9. The van der Waals surface area contributed by atoms with Gasteiger partial charge < -0.3 is 14.8 Å². The van der Waals surface area contributed by atoms with E-state index in [2.05, 4.69) is 15.8 Å². The Balaban J connectivity index is 1.85. The van der Waals surface area contributed by atoms with Gasteiger partial charge in [-0.2, -0.15) is 5.10 Å². The molecule has 2 amide bonds. The Morgan fingerprint density at radius 3 is 2.52 bits per heavy atom. The molecular weight excluding hydrogens is 370 g/mol. The zero-order chi connectivity index (χ0) is 19.6. The van der Waals surface area contributed by atoms with Gasteiger partial charge in [0.1, 0.15) is 0 Å². The van der Waals surface area contributed by atoms with Crippen molar-refractivity contribution in [2.75, 3.05) is 20.8 Å². The molecule has 2 rings (SSSR count). The van der Waals surface area contributed by atoms with Crippen molar-refractivity contribution >= 4 is 29.6 Å². The van der Waals surface area contributed by atoms with Crippen LogP contribution in [-0.4, -0.2) is 38.8 Å². The molecule has 7 nitrogen and oxygen atoms in total. The molecule has 2 aromatic carbocycles. The monoisotopic (exact) mass is 389 g/mol. The van der Waals surface area contributed by atoms with Crippen LogP contribution in [0.3, 0.4) is 0 Å². The highest BCUT2D eigenvalue weighted by molar-refractivity contribution is 6.35. The summed E-state index contributed by atoms with van der Waals surface area (Å²) in [4.78, 5) is 23.5. The van der Waals surface area contributed by atoms with E-state index in [1.54, 1.807) is 12.1 Å². The van der Waals surface area contributed by atoms with Gasteiger partial charge in [0.15, 0.2) is 11.5 Å². The van der Waals surface area contributed by atoms with Gasteiger partial charge in [-0.3, -0.25) is 9.59 Å². The normalized spacial score (nSPS) is 10.5. The first-order valence-corrected chi connectivity index (χ1v) is 8.49. The number of nitrogens with zero attached hydrogens (tertiary/aromatic N) is 1. The van der Waals surface area contributed by atoms with Crippen LogP contribution in [0.5, 0.6) is 11.5 Å². The highest BCUT2D eigenvalue weighted by Crippen LogP contribution is 2.35. The molecule has 0 saturated carbocycles. The van der Waals surface area contributed by atoms with Crippen molar-refractivity contribution < 1.29 is 19.1 Å². The summed E-state index contributed by atoms with van der Waals surface area (Å²) in [7, 11) is 2.96. The highest BCUT2D eigenvalue weighted by atomic mass is 35.5. The van der Waals surface area contributed by atoms with E-state index in [4.69, 9.17) is 21.1 Å². The Hall–Kier alpha value is -3.06. The van der Waals surface area contributed by atoms with E-state index >= 15 is 0 Å². The molecule has 0 bridgehead atoms. The summed E-state index contributed by atoms with van der Waals surface area (Å²) in [6.07, 6.45) is 1.98. The van der Waals surface area contributed by atoms with Gasteiger partial charge in [0.05, 0.1) is 25.5 Å². The number of benzene rings is 2. The summed E-state index contributed by atoms with van der Waals surface area (Å²) in [5, 5.41) is 6.64. The first kappa shape index (κ1) is 20.3. The lowest BCUT2D eigenvalue weighted by Gasteiger charge is -2.09. The van der Waals surface area contributed by atoms with Crippen LogP contribution in [0.25, 0.3) is 0 Å². The molecule has 0 saturated heterocycles. The van der Waals surface area contributed by atoms with Crippen molar-refractivity contribution in [1.29, 1.82) is 0 Å². The number of rotatable bonds is 7. The molecule has 0 aliphatic carbocycles. The van der Waals surface area contributed by atoms with Crippen LogP contribution in [0.15, 0.2) is 47.6 Å². The lowest BCUT2D eigenvalue weighted by molar-refractivity contribution is -0.139. The Labute approximate surface area is 162 Å². The molecule has 0 unspecified atom stereocenters. The molecule has 0 aliphatic rings. The zero-order valence-corrected chi connectivity index (χ0v) is 15.7. The second kappa shape index (κ2) is 10.2. The van der Waals surface area contributed by atoms with E-state index in [9.17, 15) is 9.59 Å². The van der Waals surface area contributed by atoms with Gasteiger partial charge >= 0.3 is 11.8 Å². The lowest BCUT2D eigenvalue weighted by Crippen LogP contribution is -2.38. The van der Waals surface area contributed by atoms with Gasteiger partial charge in [-0.05, 0) is 29.7 Å². The molecule has 0 aliphatic heterocycles. The third-order valence-corrected chi connectivity index (χ3v) is 3.86. The van der Waals surface area contributed by atoms with E-state index in [1.807, 2.05) is 30.3 Å². The van der Waals surface area contributed by atoms with Crippen molar-refractivity contribution in [3.05, 3.63) is 58.6 Å². The number of carbonyl (C=O) groups excluding carboxylic acids is 2. The molecule has 2 N–H and O–H groups in total. The molecular formula is C19H20ClN3O4. The van der Waals surface area contributed by atoms with Crippen molar-refractivity contribution in [2.24, 2.45) is 5.10 Å². The third-order valence-electron chi connectivity index (χ3n) is 3.58. The van der Waals surface area contributed by atoms with Gasteiger partial charge in [-0.15, -0.1) is 0 Å². The van der Waals surface area contributed by atoms with Crippen LogP contribution in [-0.2, 0) is 16.0 Å². The van der Waals surface area contributed by atoms with Crippen molar-refractivity contribution in [2.45, 2.75) is 6.42 Å². The average Bonchev–Trinajstić information content (AvgIpc) is 2.68. The number of nitrogens with one attached hydrogen (secondary N) is 2. The van der Waals surface area contributed by atoms with Crippen molar-refractivity contribution in [3.63, 3.8) is 0 Å². The molecule has 0 atom stereocenters. The molecule has 0 fully saturated rings. The Bertz CT molecular complexity index is 825. The number of hydrazone groups is 1. The fourth-order valence-corrected chi connectivity index (χ4v) is 2.57. The molecule has 27 heavy (non-hydrogen) atoms. The maximum Gasteiger partial charge on any atom is 0.329 e. The molecule has 0 radical (unpaired) electrons. The molecule has 2 aromatic rings. The first-order valence-electron chi connectivity index (χ1n) is 8.11. The largest absolute Gasteiger partial charge is 0.493 e. The van der Waals surface area contributed by atoms with E-state index in [1.165, 1.54) is 20.4 Å². The number of ether oxygens (including phenoxy) is 2. The molecule has 0 heterocycles. The number of hydrogen-bond acceptors (Lipinski definition) is 5. The van der Waals surface area contributed by atoms with Gasteiger partial charge in [0.25, 0.3) is 0 Å². The van der Waals surface area contributed by atoms with Crippen LogP contribution in [0.1, 0.15) is 11.1 Å². The first-order chi connectivity index (χ1) is 13.0. The van der Waals surface area contributed by atoms with Crippen molar-refractivity contribution in [3.8, 4) is 11.5 Å². The van der Waals surface area contributed by atoms with E-state index in [0.29, 0.717) is 35.1 Å². The fraction of sp³-hybridized carbons (Fsp3) is 0.211. The van der Waals surface area contributed by atoms with Gasteiger partial charge in [-0.25, -0.2) is 5.43 Å². The molecule has 0 spiro atoms. The minimum absolute atomic E-state index is 0.336. The smallest absolute Gasteiger partial charge is 0.329 e. The number of methoxy groups -OCH3 is 2. The Morgan fingerprint density at radius 2 is 1.85 bits per heavy atom. The minimum atomic E-state index is -0.856. The van der Waals surface area contributed by atoms with Gasteiger partial charge in [0.2, 0.25) is 0 Å². The van der Waals surface area contributed by atoms with E-state index < -0.39 is 11.8 Å². The Morgan fingerprint density at radius 1 is 1.11 bits per heavy atom. The second-order valence-electron chi connectivity index (χ2n) is 5.43. The van der Waals surface area contributed by atoms with E-state index in [0.717, 1.165) is 5.56 Å². The predicted molar refractivity (Wildman–Crippen MR) is 103 cm³/mol. The summed E-state index contributed by atoms with van der Waals surface area (Å²) >= 11 is 6.09. The van der Waals surface area contributed by atoms with E-state index in [-0.39, 0.29) is 0 Å². The highest BCUT2D eigenvalue weighted by Gasteiger charge is 2.12. The maximum absolute atomic E-state index is 11.8. The Kier molecular flexibility index (Phi) is 7.63. The predicted octanol–water partition coefficient (Wildman–Crippen LogP) is 2.17. The van der Waals surface area contributed by atoms with Crippen LogP contribution < -0.4 is 20.2 Å². The maximum atomic E-state index is 11.8. The fourth-order valence-electron chi connectivity index (χ4n) is 2.27. The lowest BCUT2D eigenvalue weighted by atomic mass is 10.1. The van der Waals surface area contributed by atoms with Crippen LogP contribution >= 0.6 is 11.6 Å². The number of carbonyl (C=O) groups is 2. The third kappa shape index (κ3) is 6.00. The summed E-state index contributed by atoms with van der Waals surface area (Å²) in [5.74, 6) is -0.783. The minimum Gasteiger partial charge on any atom is -0.493 e. The van der Waals surface area contributed by atoms with Crippen LogP contribution in [0, 0.1) is 0 Å². The SMILES string of the molecule is COc1cc(/C=N\NC(=O)C(=O)NCCc2ccccc2)cc(Cl)c1OC. The van der Waals surface area contributed by atoms with Gasteiger partial charge in [-0.1, -0.05) is 41.9 Å². The second-order valence-corrected chi connectivity index (χ2v) is 5.84. The standard InChI is InChI=1S/C19H20ClN3O4/c1-26-16-11-14(10-15(20)17(16)27-2)12-22-23-19(25)18(24)21-9-8-13-6-4-3-5-7-13/h3-7,10-12H,8-9H2,1-2H3,(H,21,24)(H,23,25)/b22-12-. The van der Waals surface area contributed by atoms with Gasteiger partial charge in [0, 0.05) is 6.54 Å². The van der Waals surface area contributed by atoms with Crippen LogP contribution in [0.4, 0.5) is 0 Å². The molecule has 142 valence electrons. The topological polar surface area (TPSA) is 89.0 Å². The average molecular weight is 390 g/mol. The zero-order valence-electron chi connectivity index (χ0n) is 15.0. The molecule has 0 aromatic heterocycles. The quantitative estimate of drug-likeness (QED) is 0.431. The number of hydrogen-bond donors (Lipinski definition) is 2. The van der Waals surface area contributed by atoms with Crippen molar-refractivity contribution in [1.82, 2.24) is 10.7 Å². The summed E-state index contributed by atoms with van der Waals surface area (Å²) < 4.78 is 10.3. The molecule has 8 heteroatoms. The van der Waals surface area contributed by atoms with Crippen LogP contribution in [0.2, 0.25) is 5.02 Å². The summed E-state index contributed by atoms with van der Waals surface area (Å²) in [6.45, 7) is 0.352. The number of amides is 2.